The fourth-order valence-electron chi connectivity index (χ4n) is 1.87. The average molecular weight is 298 g/mol. The highest BCUT2D eigenvalue weighted by Gasteiger charge is 2.28. The molecule has 4 nitrogen and oxygen atoms in total. The van der Waals surface area contributed by atoms with Crippen LogP contribution in [0.25, 0.3) is 0 Å². The van der Waals surface area contributed by atoms with E-state index >= 15 is 0 Å². The van der Waals surface area contributed by atoms with Crippen molar-refractivity contribution in [3.63, 3.8) is 0 Å². The molecule has 0 fully saturated rings. The third-order valence-corrected chi connectivity index (χ3v) is 3.21. The lowest BCUT2D eigenvalue weighted by atomic mass is 10.0. The molecule has 0 N–H and O–H groups in total. The summed E-state index contributed by atoms with van der Waals surface area (Å²) in [5.74, 6) is -1.74. The quantitative estimate of drug-likeness (QED) is 0.223. The molecule has 0 aliphatic heterocycles. The summed E-state index contributed by atoms with van der Waals surface area (Å²) >= 11 is 0. The molecule has 0 aromatic rings. The van der Waals surface area contributed by atoms with Crippen LogP contribution >= 0.6 is 0 Å². The standard InChI is InChI=1S/C17H30O4/c1-4-7-10-13-20-16(18)15(12-9-6-3)17(19)21-14-11-8-5-2/h6,15H,3-5,7-14H2,1-2H3. The van der Waals surface area contributed by atoms with E-state index in [1.165, 1.54) is 0 Å². The number of esters is 2. The third kappa shape index (κ3) is 10.1. The molecule has 0 heterocycles. The second kappa shape index (κ2) is 13.7. The first-order valence-corrected chi connectivity index (χ1v) is 8.11. The molecular weight excluding hydrogens is 268 g/mol. The highest BCUT2D eigenvalue weighted by molar-refractivity contribution is 5.94. The SMILES string of the molecule is C=CCCC(C(=O)OCCCCC)C(=O)OCCCCC. The van der Waals surface area contributed by atoms with Gasteiger partial charge in [-0.2, -0.15) is 0 Å². The Bertz CT molecular complexity index is 275. The van der Waals surface area contributed by atoms with Gasteiger partial charge in [0.05, 0.1) is 13.2 Å². The van der Waals surface area contributed by atoms with Crippen molar-refractivity contribution < 1.29 is 19.1 Å². The number of carbonyl (C=O) groups excluding carboxylic acids is 2. The van der Waals surface area contributed by atoms with Gasteiger partial charge in [-0.05, 0) is 25.7 Å². The van der Waals surface area contributed by atoms with Crippen molar-refractivity contribution in [2.24, 2.45) is 5.92 Å². The maximum atomic E-state index is 12.0. The molecule has 0 aromatic heterocycles. The van der Waals surface area contributed by atoms with Gasteiger partial charge in [-0.1, -0.05) is 45.6 Å². The first-order chi connectivity index (χ1) is 10.2. The number of hydrogen-bond acceptors (Lipinski definition) is 4. The van der Waals surface area contributed by atoms with E-state index in [1.54, 1.807) is 6.08 Å². The van der Waals surface area contributed by atoms with E-state index in [4.69, 9.17) is 9.47 Å². The molecule has 0 radical (unpaired) electrons. The van der Waals surface area contributed by atoms with E-state index in [9.17, 15) is 9.59 Å². The monoisotopic (exact) mass is 298 g/mol. The predicted molar refractivity (Wildman–Crippen MR) is 83.9 cm³/mol. The fraction of sp³-hybridized carbons (Fsp3) is 0.765. The van der Waals surface area contributed by atoms with Crippen LogP contribution in [-0.4, -0.2) is 25.2 Å². The molecule has 0 bridgehead atoms. The first kappa shape index (κ1) is 19.7. The van der Waals surface area contributed by atoms with Crippen LogP contribution in [0.3, 0.4) is 0 Å². The molecule has 122 valence electrons. The Morgan fingerprint density at radius 2 is 1.43 bits per heavy atom. The van der Waals surface area contributed by atoms with Crippen LogP contribution in [0.15, 0.2) is 12.7 Å². The van der Waals surface area contributed by atoms with Crippen molar-refractivity contribution >= 4 is 11.9 Å². The number of ether oxygens (including phenoxy) is 2. The van der Waals surface area contributed by atoms with Gasteiger partial charge in [-0.15, -0.1) is 6.58 Å². The molecular formula is C17H30O4. The Labute approximate surface area is 128 Å². The minimum Gasteiger partial charge on any atom is -0.465 e. The smallest absolute Gasteiger partial charge is 0.320 e. The minimum atomic E-state index is -0.814. The van der Waals surface area contributed by atoms with Gasteiger partial charge >= 0.3 is 11.9 Å². The molecule has 0 amide bonds. The van der Waals surface area contributed by atoms with Crippen molar-refractivity contribution in [1.82, 2.24) is 0 Å². The Morgan fingerprint density at radius 1 is 0.952 bits per heavy atom. The number of rotatable bonds is 13. The van der Waals surface area contributed by atoms with Gasteiger partial charge in [-0.3, -0.25) is 9.59 Å². The second-order valence-corrected chi connectivity index (χ2v) is 5.17. The Hall–Kier alpha value is -1.32. The predicted octanol–water partition coefficient (Wildman–Crippen LogP) is 4.04. The molecule has 0 saturated heterocycles. The van der Waals surface area contributed by atoms with Gasteiger partial charge in [-0.25, -0.2) is 0 Å². The molecule has 0 saturated carbocycles. The minimum absolute atomic E-state index is 0.375. The summed E-state index contributed by atoms with van der Waals surface area (Å²) in [6.45, 7) is 8.54. The molecule has 0 aliphatic rings. The van der Waals surface area contributed by atoms with Crippen molar-refractivity contribution in [2.45, 2.75) is 65.2 Å². The van der Waals surface area contributed by atoms with Gasteiger partial charge in [0.25, 0.3) is 0 Å². The number of carbonyl (C=O) groups is 2. The summed E-state index contributed by atoms with van der Waals surface area (Å²) in [6.07, 6.45) is 8.54. The van der Waals surface area contributed by atoms with E-state index < -0.39 is 17.9 Å². The van der Waals surface area contributed by atoms with Crippen LogP contribution in [0.1, 0.15) is 65.2 Å². The van der Waals surface area contributed by atoms with Gasteiger partial charge in [0.15, 0.2) is 5.92 Å². The Morgan fingerprint density at radius 3 is 1.81 bits per heavy atom. The average Bonchev–Trinajstić information content (AvgIpc) is 2.48. The van der Waals surface area contributed by atoms with Gasteiger partial charge in [0, 0.05) is 0 Å². The summed E-state index contributed by atoms with van der Waals surface area (Å²) in [5, 5.41) is 0. The lowest BCUT2D eigenvalue weighted by Crippen LogP contribution is -2.28. The van der Waals surface area contributed by atoms with Crippen molar-refractivity contribution in [1.29, 1.82) is 0 Å². The molecule has 0 atom stereocenters. The van der Waals surface area contributed by atoms with Crippen molar-refractivity contribution in [2.75, 3.05) is 13.2 Å². The van der Waals surface area contributed by atoms with Crippen LogP contribution in [0.5, 0.6) is 0 Å². The van der Waals surface area contributed by atoms with Crippen LogP contribution in [-0.2, 0) is 19.1 Å². The third-order valence-electron chi connectivity index (χ3n) is 3.21. The van der Waals surface area contributed by atoms with Crippen molar-refractivity contribution in [3.05, 3.63) is 12.7 Å². The molecule has 0 rings (SSSR count). The molecule has 0 unspecified atom stereocenters. The van der Waals surface area contributed by atoms with Crippen molar-refractivity contribution in [3.8, 4) is 0 Å². The van der Waals surface area contributed by atoms with Gasteiger partial charge < -0.3 is 9.47 Å². The maximum Gasteiger partial charge on any atom is 0.320 e. The van der Waals surface area contributed by atoms with E-state index in [0.717, 1.165) is 38.5 Å². The van der Waals surface area contributed by atoms with Gasteiger partial charge in [0.2, 0.25) is 0 Å². The van der Waals surface area contributed by atoms with E-state index in [0.29, 0.717) is 26.1 Å². The summed E-state index contributed by atoms with van der Waals surface area (Å²) in [6, 6.07) is 0. The topological polar surface area (TPSA) is 52.6 Å². The van der Waals surface area contributed by atoms with Crippen LogP contribution < -0.4 is 0 Å². The second-order valence-electron chi connectivity index (χ2n) is 5.17. The summed E-state index contributed by atoms with van der Waals surface area (Å²) in [4.78, 5) is 24.0. The maximum absolute atomic E-state index is 12.0. The first-order valence-electron chi connectivity index (χ1n) is 8.11. The van der Waals surface area contributed by atoms with E-state index in [2.05, 4.69) is 20.4 Å². The molecule has 0 aromatic carbocycles. The highest BCUT2D eigenvalue weighted by Crippen LogP contribution is 2.13. The number of hydrogen-bond donors (Lipinski definition) is 0. The van der Waals surface area contributed by atoms with Crippen LogP contribution in [0.4, 0.5) is 0 Å². The number of unbranched alkanes of at least 4 members (excludes halogenated alkanes) is 4. The zero-order valence-electron chi connectivity index (χ0n) is 13.6. The lowest BCUT2D eigenvalue weighted by Gasteiger charge is -2.14. The zero-order chi connectivity index (χ0) is 15.9. The van der Waals surface area contributed by atoms with Crippen LogP contribution in [0, 0.1) is 5.92 Å². The number of allylic oxidation sites excluding steroid dienone is 1. The van der Waals surface area contributed by atoms with E-state index in [-0.39, 0.29) is 0 Å². The summed E-state index contributed by atoms with van der Waals surface area (Å²) in [7, 11) is 0. The van der Waals surface area contributed by atoms with Crippen LogP contribution in [0.2, 0.25) is 0 Å². The highest BCUT2D eigenvalue weighted by atomic mass is 16.6. The largest absolute Gasteiger partial charge is 0.465 e. The molecule has 4 heteroatoms. The van der Waals surface area contributed by atoms with Gasteiger partial charge in [0.1, 0.15) is 0 Å². The fourth-order valence-corrected chi connectivity index (χ4v) is 1.87. The zero-order valence-corrected chi connectivity index (χ0v) is 13.6. The summed E-state index contributed by atoms with van der Waals surface area (Å²) in [5.41, 5.74) is 0. The Kier molecular flexibility index (Phi) is 12.8. The normalized spacial score (nSPS) is 10.4. The lowest BCUT2D eigenvalue weighted by molar-refractivity contribution is -0.162. The molecule has 0 aliphatic carbocycles. The molecule has 21 heavy (non-hydrogen) atoms. The summed E-state index contributed by atoms with van der Waals surface area (Å²) < 4.78 is 10.4. The molecule has 0 spiro atoms. The Balaban J connectivity index is 4.23. The van der Waals surface area contributed by atoms with E-state index in [1.807, 2.05) is 0 Å².